The van der Waals surface area contributed by atoms with Gasteiger partial charge in [-0.2, -0.15) is 5.10 Å². The van der Waals surface area contributed by atoms with E-state index >= 15 is 0 Å². The van der Waals surface area contributed by atoms with Crippen molar-refractivity contribution in [3.8, 4) is 5.75 Å². The number of benzene rings is 2. The third kappa shape index (κ3) is 5.07. The second-order valence-corrected chi connectivity index (χ2v) is 8.37. The minimum absolute atomic E-state index is 0.0492. The van der Waals surface area contributed by atoms with Crippen LogP contribution in [0.2, 0.25) is 0 Å². The molecule has 2 aromatic carbocycles. The van der Waals surface area contributed by atoms with Crippen LogP contribution in [0.15, 0.2) is 57.8 Å². The third-order valence-corrected chi connectivity index (χ3v) is 6.11. The molecule has 0 bridgehead atoms. The van der Waals surface area contributed by atoms with Crippen molar-refractivity contribution in [2.24, 2.45) is 0 Å². The van der Waals surface area contributed by atoms with Crippen LogP contribution in [0.4, 0.5) is 0 Å². The number of hydrogen-bond acceptors (Lipinski definition) is 4. The van der Waals surface area contributed by atoms with E-state index in [4.69, 9.17) is 4.74 Å². The van der Waals surface area contributed by atoms with Gasteiger partial charge in [-0.25, -0.2) is 9.48 Å². The number of rotatable bonds is 8. The summed E-state index contributed by atoms with van der Waals surface area (Å²) in [5.74, 6) is 1.21. The largest absolute Gasteiger partial charge is 0.488 e. The maximum absolute atomic E-state index is 12.7. The molecule has 1 N–H and O–H groups in total. The Bertz CT molecular complexity index is 1120. The van der Waals surface area contributed by atoms with Crippen LogP contribution in [0.5, 0.6) is 5.75 Å². The van der Waals surface area contributed by atoms with Crippen LogP contribution in [0.25, 0.3) is 0 Å². The van der Waals surface area contributed by atoms with E-state index < -0.39 is 0 Å². The van der Waals surface area contributed by atoms with Crippen molar-refractivity contribution in [1.29, 1.82) is 0 Å². The van der Waals surface area contributed by atoms with Crippen LogP contribution in [-0.4, -0.2) is 26.8 Å². The van der Waals surface area contributed by atoms with Crippen molar-refractivity contribution in [3.05, 3.63) is 80.4 Å². The van der Waals surface area contributed by atoms with Crippen LogP contribution in [-0.2, 0) is 26.1 Å². The van der Waals surface area contributed by atoms with Gasteiger partial charge in [0.25, 0.3) is 5.91 Å². The lowest BCUT2D eigenvalue weighted by Crippen LogP contribution is -2.29. The van der Waals surface area contributed by atoms with E-state index in [1.54, 1.807) is 16.7 Å². The fourth-order valence-corrected chi connectivity index (χ4v) is 4.07. The zero-order valence-corrected chi connectivity index (χ0v) is 18.8. The minimum atomic E-state index is -0.195. The number of hydrogen-bond donors (Lipinski definition) is 1. The van der Waals surface area contributed by atoms with Gasteiger partial charge in [-0.3, -0.25) is 9.36 Å². The Hall–Kier alpha value is -2.87. The molecule has 1 amide bonds. The summed E-state index contributed by atoms with van der Waals surface area (Å²) in [6.45, 7) is 2.05. The highest BCUT2D eigenvalue weighted by Crippen LogP contribution is 2.22. The fraction of sp³-hybridized carbons (Fsp3) is 0.348. The summed E-state index contributed by atoms with van der Waals surface area (Å²) >= 11 is 3.51. The molecule has 7 nitrogen and oxygen atoms in total. The lowest BCUT2D eigenvalue weighted by molar-refractivity contribution is 0.0948. The number of carbonyl (C=O) groups excluding carboxylic acids is 1. The van der Waals surface area contributed by atoms with Gasteiger partial charge in [0.1, 0.15) is 18.2 Å². The first-order chi connectivity index (χ1) is 15.1. The van der Waals surface area contributed by atoms with Crippen molar-refractivity contribution >= 4 is 21.8 Å². The Morgan fingerprint density at radius 1 is 1.13 bits per heavy atom. The van der Waals surface area contributed by atoms with Gasteiger partial charge in [-0.1, -0.05) is 46.3 Å². The van der Waals surface area contributed by atoms with Gasteiger partial charge in [0, 0.05) is 36.1 Å². The summed E-state index contributed by atoms with van der Waals surface area (Å²) in [4.78, 5) is 25.1. The molecule has 0 saturated heterocycles. The van der Waals surface area contributed by atoms with Gasteiger partial charge in [0.15, 0.2) is 0 Å². The zero-order chi connectivity index (χ0) is 21.6. The van der Waals surface area contributed by atoms with E-state index in [1.807, 2.05) is 36.4 Å². The van der Waals surface area contributed by atoms with Crippen LogP contribution in [0, 0.1) is 0 Å². The zero-order valence-electron chi connectivity index (χ0n) is 17.2. The van der Waals surface area contributed by atoms with Gasteiger partial charge in [0.2, 0.25) is 0 Å². The van der Waals surface area contributed by atoms with E-state index in [0.717, 1.165) is 41.7 Å². The molecule has 0 saturated carbocycles. The molecule has 1 aliphatic rings. The van der Waals surface area contributed by atoms with Crippen LogP contribution in [0.1, 0.15) is 41.0 Å². The minimum Gasteiger partial charge on any atom is -0.488 e. The summed E-state index contributed by atoms with van der Waals surface area (Å²) in [7, 11) is 0. The molecule has 0 aliphatic carbocycles. The number of nitrogens with one attached hydrogen (secondary N) is 1. The van der Waals surface area contributed by atoms with Crippen molar-refractivity contribution in [2.75, 3.05) is 6.54 Å². The van der Waals surface area contributed by atoms with Gasteiger partial charge in [-0.05, 0) is 37.5 Å². The van der Waals surface area contributed by atoms with Crippen molar-refractivity contribution < 1.29 is 9.53 Å². The summed E-state index contributed by atoms with van der Waals surface area (Å²) in [6.07, 6.45) is 3.59. The predicted octanol–water partition coefficient (Wildman–Crippen LogP) is 3.54. The highest BCUT2D eigenvalue weighted by atomic mass is 79.9. The molecule has 1 aliphatic heterocycles. The number of aryl methyl sites for hydroxylation is 2. The van der Waals surface area contributed by atoms with E-state index in [1.165, 1.54) is 4.68 Å². The average Bonchev–Trinajstić information content (AvgIpc) is 3.12. The number of nitrogens with zero attached hydrogens (tertiary/aromatic N) is 3. The molecule has 8 heteroatoms. The van der Waals surface area contributed by atoms with Crippen LogP contribution in [0.3, 0.4) is 0 Å². The Kier molecular flexibility index (Phi) is 6.86. The molecule has 4 rings (SSSR count). The van der Waals surface area contributed by atoms with Gasteiger partial charge >= 0.3 is 5.69 Å². The number of aromatic nitrogens is 3. The van der Waals surface area contributed by atoms with Crippen LogP contribution >= 0.6 is 15.9 Å². The topological polar surface area (TPSA) is 78.2 Å². The highest BCUT2D eigenvalue weighted by Gasteiger charge is 2.16. The first-order valence-corrected chi connectivity index (χ1v) is 11.3. The molecule has 31 heavy (non-hydrogen) atoms. The summed E-state index contributed by atoms with van der Waals surface area (Å²) in [5.41, 5.74) is 1.45. The second-order valence-electron chi connectivity index (χ2n) is 7.52. The van der Waals surface area contributed by atoms with Gasteiger partial charge < -0.3 is 10.1 Å². The average molecular weight is 485 g/mol. The van der Waals surface area contributed by atoms with Crippen molar-refractivity contribution in [1.82, 2.24) is 19.7 Å². The maximum Gasteiger partial charge on any atom is 0.345 e. The maximum atomic E-state index is 12.7. The molecule has 2 heterocycles. The quantitative estimate of drug-likeness (QED) is 0.496. The molecule has 0 spiro atoms. The number of ether oxygens (including phenoxy) is 1. The Morgan fingerprint density at radius 3 is 2.77 bits per heavy atom. The molecule has 0 atom stereocenters. The van der Waals surface area contributed by atoms with Gasteiger partial charge in [0.05, 0.1) is 5.56 Å². The van der Waals surface area contributed by atoms with Crippen LogP contribution < -0.4 is 15.7 Å². The lowest BCUT2D eigenvalue weighted by atomic mass is 10.2. The van der Waals surface area contributed by atoms with Gasteiger partial charge in [-0.15, -0.1) is 0 Å². The van der Waals surface area contributed by atoms with E-state index in [-0.39, 0.29) is 11.6 Å². The summed E-state index contributed by atoms with van der Waals surface area (Å²) < 4.78 is 10.2. The predicted molar refractivity (Wildman–Crippen MR) is 121 cm³/mol. The molecule has 0 fully saturated rings. The first kappa shape index (κ1) is 21.4. The fourth-order valence-electron chi connectivity index (χ4n) is 3.67. The molecule has 1 aromatic heterocycles. The van der Waals surface area contributed by atoms with E-state index in [0.29, 0.717) is 37.4 Å². The Balaban J connectivity index is 1.31. The molecular weight excluding hydrogens is 460 g/mol. The van der Waals surface area contributed by atoms with Crippen molar-refractivity contribution in [3.63, 3.8) is 0 Å². The second kappa shape index (κ2) is 9.96. The van der Waals surface area contributed by atoms with Crippen molar-refractivity contribution in [2.45, 2.75) is 45.4 Å². The summed E-state index contributed by atoms with van der Waals surface area (Å²) in [6, 6.07) is 15.0. The molecule has 0 unspecified atom stereocenters. The molecule has 162 valence electrons. The first-order valence-electron chi connectivity index (χ1n) is 10.5. The SMILES string of the molecule is O=C(NCCCn1nc2n(c1=O)CCCC2)c1ccccc1OCc1ccccc1Br. The summed E-state index contributed by atoms with van der Waals surface area (Å²) in [5, 5.41) is 7.35. The number of carbonyl (C=O) groups is 1. The number of amides is 1. The monoisotopic (exact) mass is 484 g/mol. The standard InChI is InChI=1S/C23H25BrN4O3/c24-19-10-3-1-8-17(19)16-31-20-11-4-2-9-18(20)22(29)25-13-7-15-28-23(30)27-14-6-5-12-21(27)26-28/h1-4,8-11H,5-7,12-16H2,(H,25,29). The highest BCUT2D eigenvalue weighted by molar-refractivity contribution is 9.10. The third-order valence-electron chi connectivity index (χ3n) is 5.34. The van der Waals surface area contributed by atoms with E-state index in [2.05, 4.69) is 26.3 Å². The Morgan fingerprint density at radius 2 is 1.94 bits per heavy atom. The Labute approximate surface area is 189 Å². The van der Waals surface area contributed by atoms with E-state index in [9.17, 15) is 9.59 Å². The smallest absolute Gasteiger partial charge is 0.345 e. The molecule has 3 aromatic rings. The lowest BCUT2D eigenvalue weighted by Gasteiger charge is -2.12. The number of para-hydroxylation sites is 1. The molecule has 0 radical (unpaired) electrons. The molecular formula is C23H25BrN4O3. The normalized spacial score (nSPS) is 12.9. The number of fused-ring (bicyclic) bond motifs is 1. The number of halogens is 1.